The number of phenols is 2. The van der Waals surface area contributed by atoms with Crippen molar-refractivity contribution in [2.75, 3.05) is 6.61 Å². The van der Waals surface area contributed by atoms with Crippen LogP contribution < -0.4 is 10.5 Å². The summed E-state index contributed by atoms with van der Waals surface area (Å²) in [5.74, 6) is 0.238. The zero-order chi connectivity index (χ0) is 9.42. The molecule has 0 amide bonds. The number of hydrogen-bond donors (Lipinski definition) is 3. The van der Waals surface area contributed by atoms with E-state index in [4.69, 9.17) is 10.5 Å². The molecule has 1 aromatic rings. The molecule has 4 heteroatoms. The van der Waals surface area contributed by atoms with Crippen molar-refractivity contribution >= 4 is 0 Å². The second-order valence-corrected chi connectivity index (χ2v) is 3.12. The summed E-state index contributed by atoms with van der Waals surface area (Å²) < 4.78 is 5.28. The molecule has 1 heterocycles. The van der Waals surface area contributed by atoms with Crippen LogP contribution in [-0.4, -0.2) is 16.8 Å². The van der Waals surface area contributed by atoms with Crippen molar-refractivity contribution in [1.82, 2.24) is 0 Å². The Labute approximate surface area is 75.6 Å². The van der Waals surface area contributed by atoms with Crippen molar-refractivity contribution < 1.29 is 14.9 Å². The minimum Gasteiger partial charge on any atom is -0.504 e. The van der Waals surface area contributed by atoms with Crippen LogP contribution >= 0.6 is 0 Å². The van der Waals surface area contributed by atoms with E-state index in [1.165, 1.54) is 12.1 Å². The van der Waals surface area contributed by atoms with Crippen LogP contribution in [0.3, 0.4) is 0 Å². The first-order chi connectivity index (χ1) is 6.18. The molecule has 0 spiro atoms. The van der Waals surface area contributed by atoms with E-state index in [2.05, 4.69) is 0 Å². The molecule has 4 N–H and O–H groups in total. The Kier molecular flexibility index (Phi) is 1.77. The van der Waals surface area contributed by atoms with Gasteiger partial charge in [0.25, 0.3) is 0 Å². The van der Waals surface area contributed by atoms with Gasteiger partial charge in [0.2, 0.25) is 0 Å². The molecular weight excluding hydrogens is 170 g/mol. The maximum absolute atomic E-state index is 9.23. The van der Waals surface area contributed by atoms with Gasteiger partial charge in [-0.2, -0.15) is 0 Å². The minimum absolute atomic E-state index is 0.116. The first kappa shape index (κ1) is 8.19. The predicted octanol–water partition coefficient (Wildman–Crippen LogP) is 0.880. The van der Waals surface area contributed by atoms with Crippen molar-refractivity contribution in [2.24, 2.45) is 5.73 Å². The molecule has 0 aromatic heterocycles. The Bertz CT molecular complexity index is 338. The van der Waals surface area contributed by atoms with Gasteiger partial charge in [-0.1, -0.05) is 0 Å². The molecule has 70 valence electrons. The van der Waals surface area contributed by atoms with Crippen molar-refractivity contribution in [2.45, 2.75) is 12.5 Å². The van der Waals surface area contributed by atoms with E-state index < -0.39 is 0 Å². The average Bonchev–Trinajstić information content (AvgIpc) is 2.09. The van der Waals surface area contributed by atoms with Crippen LogP contribution in [0.5, 0.6) is 17.2 Å². The highest BCUT2D eigenvalue weighted by atomic mass is 16.5. The summed E-state index contributed by atoms with van der Waals surface area (Å²) in [6, 6.07) is 2.73. The van der Waals surface area contributed by atoms with Gasteiger partial charge < -0.3 is 20.7 Å². The Morgan fingerprint density at radius 1 is 1.31 bits per heavy atom. The quantitative estimate of drug-likeness (QED) is 0.519. The second-order valence-electron chi connectivity index (χ2n) is 3.12. The monoisotopic (exact) mass is 181 g/mol. The standard InChI is InChI=1S/C9H11NO3/c10-6-1-2-13-9-4-8(12)7(11)3-5(6)9/h3-4,6,11-12H,1-2,10H2/t6-/m0/s1. The van der Waals surface area contributed by atoms with E-state index >= 15 is 0 Å². The molecule has 1 atom stereocenters. The number of fused-ring (bicyclic) bond motifs is 1. The van der Waals surface area contributed by atoms with E-state index in [1.807, 2.05) is 0 Å². The molecule has 0 fully saturated rings. The van der Waals surface area contributed by atoms with Gasteiger partial charge in [0.15, 0.2) is 11.5 Å². The van der Waals surface area contributed by atoms with Gasteiger partial charge in [0.1, 0.15) is 5.75 Å². The van der Waals surface area contributed by atoms with Crippen LogP contribution in [0.2, 0.25) is 0 Å². The molecule has 0 unspecified atom stereocenters. The number of benzene rings is 1. The SMILES string of the molecule is N[C@H]1CCOc2cc(O)c(O)cc21. The van der Waals surface area contributed by atoms with Crippen LogP contribution in [0, 0.1) is 0 Å². The molecular formula is C9H11NO3. The average molecular weight is 181 g/mol. The topological polar surface area (TPSA) is 75.7 Å². The van der Waals surface area contributed by atoms with E-state index in [9.17, 15) is 10.2 Å². The van der Waals surface area contributed by atoms with Gasteiger partial charge in [0.05, 0.1) is 6.61 Å². The Morgan fingerprint density at radius 3 is 2.77 bits per heavy atom. The molecule has 0 saturated heterocycles. The molecule has 0 aliphatic carbocycles. The third kappa shape index (κ3) is 1.29. The molecule has 2 rings (SSSR count). The van der Waals surface area contributed by atoms with E-state index in [0.717, 1.165) is 12.0 Å². The fraction of sp³-hybridized carbons (Fsp3) is 0.333. The fourth-order valence-corrected chi connectivity index (χ4v) is 1.44. The third-order valence-corrected chi connectivity index (χ3v) is 2.19. The van der Waals surface area contributed by atoms with Gasteiger partial charge in [-0.05, 0) is 6.07 Å². The highest BCUT2D eigenvalue weighted by Gasteiger charge is 2.20. The lowest BCUT2D eigenvalue weighted by Crippen LogP contribution is -2.20. The summed E-state index contributed by atoms with van der Waals surface area (Å²) in [5, 5.41) is 18.4. The Morgan fingerprint density at radius 2 is 2.00 bits per heavy atom. The van der Waals surface area contributed by atoms with Crippen molar-refractivity contribution in [3.63, 3.8) is 0 Å². The molecule has 0 saturated carbocycles. The molecule has 1 aromatic carbocycles. The molecule has 1 aliphatic heterocycles. The highest BCUT2D eigenvalue weighted by molar-refractivity contribution is 5.50. The smallest absolute Gasteiger partial charge is 0.161 e. The second kappa shape index (κ2) is 2.81. The normalized spacial score (nSPS) is 20.5. The van der Waals surface area contributed by atoms with Crippen LogP contribution in [0.25, 0.3) is 0 Å². The molecule has 0 radical (unpaired) electrons. The maximum Gasteiger partial charge on any atom is 0.161 e. The number of aromatic hydroxyl groups is 2. The lowest BCUT2D eigenvalue weighted by atomic mass is 10.0. The van der Waals surface area contributed by atoms with Gasteiger partial charge >= 0.3 is 0 Å². The Balaban J connectivity index is 2.52. The van der Waals surface area contributed by atoms with Crippen LogP contribution in [-0.2, 0) is 0 Å². The summed E-state index contributed by atoms with van der Waals surface area (Å²) in [5.41, 5.74) is 6.54. The number of rotatable bonds is 0. The van der Waals surface area contributed by atoms with E-state index in [1.54, 1.807) is 0 Å². The lowest BCUT2D eigenvalue weighted by molar-refractivity contribution is 0.265. The summed E-state index contributed by atoms with van der Waals surface area (Å²) in [6.45, 7) is 0.554. The number of ether oxygens (including phenoxy) is 1. The maximum atomic E-state index is 9.23. The summed E-state index contributed by atoms with van der Waals surface area (Å²) in [6.07, 6.45) is 0.733. The van der Waals surface area contributed by atoms with Gasteiger partial charge in [-0.25, -0.2) is 0 Å². The number of hydrogen-bond acceptors (Lipinski definition) is 4. The summed E-state index contributed by atoms with van der Waals surface area (Å²) >= 11 is 0. The molecule has 0 bridgehead atoms. The lowest BCUT2D eigenvalue weighted by Gasteiger charge is -2.23. The summed E-state index contributed by atoms with van der Waals surface area (Å²) in [7, 11) is 0. The predicted molar refractivity (Wildman–Crippen MR) is 46.8 cm³/mol. The Hall–Kier alpha value is -1.42. The molecule has 4 nitrogen and oxygen atoms in total. The number of phenolic OH excluding ortho intramolecular Hbond substituents is 2. The van der Waals surface area contributed by atoms with Crippen LogP contribution in [0.15, 0.2) is 12.1 Å². The van der Waals surface area contributed by atoms with Crippen LogP contribution in [0.4, 0.5) is 0 Å². The van der Waals surface area contributed by atoms with Crippen molar-refractivity contribution in [3.8, 4) is 17.2 Å². The van der Waals surface area contributed by atoms with Crippen molar-refractivity contribution in [3.05, 3.63) is 17.7 Å². The first-order valence-corrected chi connectivity index (χ1v) is 4.12. The first-order valence-electron chi connectivity index (χ1n) is 4.12. The van der Waals surface area contributed by atoms with Gasteiger partial charge in [-0.3, -0.25) is 0 Å². The molecule has 1 aliphatic rings. The van der Waals surface area contributed by atoms with Gasteiger partial charge in [0, 0.05) is 24.1 Å². The largest absolute Gasteiger partial charge is 0.504 e. The number of nitrogens with two attached hydrogens (primary N) is 1. The third-order valence-electron chi connectivity index (χ3n) is 2.19. The van der Waals surface area contributed by atoms with Crippen LogP contribution in [0.1, 0.15) is 18.0 Å². The van der Waals surface area contributed by atoms with E-state index in [0.29, 0.717) is 12.4 Å². The zero-order valence-electron chi connectivity index (χ0n) is 7.03. The summed E-state index contributed by atoms with van der Waals surface area (Å²) in [4.78, 5) is 0. The van der Waals surface area contributed by atoms with E-state index in [-0.39, 0.29) is 17.5 Å². The van der Waals surface area contributed by atoms with Crippen molar-refractivity contribution in [1.29, 1.82) is 0 Å². The highest BCUT2D eigenvalue weighted by Crippen LogP contribution is 2.38. The zero-order valence-corrected chi connectivity index (χ0v) is 7.03. The fourth-order valence-electron chi connectivity index (χ4n) is 1.44. The molecule has 13 heavy (non-hydrogen) atoms. The van der Waals surface area contributed by atoms with Gasteiger partial charge in [-0.15, -0.1) is 0 Å². The minimum atomic E-state index is -0.173.